The van der Waals surface area contributed by atoms with Gasteiger partial charge in [-0.2, -0.15) is 5.10 Å². The fourth-order valence-electron chi connectivity index (χ4n) is 3.77. The maximum absolute atomic E-state index is 13.0. The molecule has 5 heteroatoms. The third kappa shape index (κ3) is 3.34. The fraction of sp³-hybridized carbons (Fsp3) is 0.381. The second-order valence-electron chi connectivity index (χ2n) is 7.10. The Balaban J connectivity index is 1.40. The number of anilines is 1. The summed E-state index contributed by atoms with van der Waals surface area (Å²) >= 11 is 0. The van der Waals surface area contributed by atoms with Crippen molar-refractivity contribution >= 4 is 17.9 Å². The zero-order valence-corrected chi connectivity index (χ0v) is 15.1. The van der Waals surface area contributed by atoms with Crippen molar-refractivity contribution in [3.63, 3.8) is 0 Å². The number of hydrogen-bond donors (Lipinski definition) is 0. The second-order valence-corrected chi connectivity index (χ2v) is 7.10. The highest BCUT2D eigenvalue weighted by atomic mass is 16.2. The highest BCUT2D eigenvalue weighted by molar-refractivity contribution is 5.82. The molecule has 4 rings (SSSR count). The number of piperidine rings is 1. The van der Waals surface area contributed by atoms with Gasteiger partial charge in [0.1, 0.15) is 5.82 Å². The van der Waals surface area contributed by atoms with Crippen molar-refractivity contribution in [2.45, 2.75) is 32.2 Å². The molecule has 3 heterocycles. The number of amides is 1. The van der Waals surface area contributed by atoms with E-state index in [2.05, 4.69) is 39.3 Å². The van der Waals surface area contributed by atoms with Crippen molar-refractivity contribution in [3.8, 4) is 0 Å². The molecule has 1 atom stereocenters. The molecule has 1 amide bonds. The second kappa shape index (κ2) is 7.28. The van der Waals surface area contributed by atoms with Crippen LogP contribution >= 0.6 is 0 Å². The molecule has 0 radical (unpaired) electrons. The Morgan fingerprint density at radius 1 is 1.08 bits per heavy atom. The number of pyridine rings is 1. The standard InChI is InChI=1S/C21H24N4O/c1-16-7-8-20(22-15-16)24-13-10-18(11-14-24)21(26)25-19(9-12-23-25)17-5-3-2-4-6-17/h2-8,12,15,18-19H,9-11,13-14H2,1H3. The summed E-state index contributed by atoms with van der Waals surface area (Å²) in [6.07, 6.45) is 6.25. The number of benzene rings is 1. The highest BCUT2D eigenvalue weighted by Gasteiger charge is 2.34. The van der Waals surface area contributed by atoms with E-state index in [0.29, 0.717) is 0 Å². The predicted molar refractivity (Wildman–Crippen MR) is 103 cm³/mol. The molecular formula is C21H24N4O. The molecule has 0 bridgehead atoms. The van der Waals surface area contributed by atoms with Crippen LogP contribution in [0, 0.1) is 12.8 Å². The monoisotopic (exact) mass is 348 g/mol. The molecule has 1 aromatic heterocycles. The molecule has 1 unspecified atom stereocenters. The van der Waals surface area contributed by atoms with Gasteiger partial charge in [-0.25, -0.2) is 9.99 Å². The molecule has 2 aliphatic heterocycles. The summed E-state index contributed by atoms with van der Waals surface area (Å²) < 4.78 is 0. The molecule has 2 aromatic rings. The summed E-state index contributed by atoms with van der Waals surface area (Å²) in [5.41, 5.74) is 2.32. The van der Waals surface area contributed by atoms with Crippen molar-refractivity contribution in [1.29, 1.82) is 0 Å². The van der Waals surface area contributed by atoms with Gasteiger partial charge in [0.05, 0.1) is 6.04 Å². The Labute approximate surface area is 154 Å². The normalized spacial score (nSPS) is 20.6. The number of aromatic nitrogens is 1. The Morgan fingerprint density at radius 2 is 1.85 bits per heavy atom. The fourth-order valence-corrected chi connectivity index (χ4v) is 3.77. The average Bonchev–Trinajstić information content (AvgIpc) is 3.19. The van der Waals surface area contributed by atoms with Crippen LogP contribution in [0.15, 0.2) is 53.8 Å². The minimum Gasteiger partial charge on any atom is -0.357 e. The lowest BCUT2D eigenvalue weighted by atomic mass is 9.94. The number of carbonyl (C=O) groups is 1. The molecule has 0 saturated carbocycles. The van der Waals surface area contributed by atoms with Crippen LogP contribution in [0.25, 0.3) is 0 Å². The van der Waals surface area contributed by atoms with Crippen LogP contribution in [-0.2, 0) is 4.79 Å². The highest BCUT2D eigenvalue weighted by Crippen LogP contribution is 2.32. The quantitative estimate of drug-likeness (QED) is 0.852. The summed E-state index contributed by atoms with van der Waals surface area (Å²) in [6, 6.07) is 14.4. The van der Waals surface area contributed by atoms with E-state index in [0.717, 1.165) is 49.3 Å². The molecule has 5 nitrogen and oxygen atoms in total. The van der Waals surface area contributed by atoms with Gasteiger partial charge in [-0.1, -0.05) is 36.4 Å². The van der Waals surface area contributed by atoms with E-state index in [4.69, 9.17) is 0 Å². The Bertz CT molecular complexity index is 779. The summed E-state index contributed by atoms with van der Waals surface area (Å²) in [4.78, 5) is 19.8. The van der Waals surface area contributed by atoms with E-state index in [1.54, 1.807) is 5.01 Å². The third-order valence-corrected chi connectivity index (χ3v) is 5.30. The van der Waals surface area contributed by atoms with E-state index in [1.165, 1.54) is 0 Å². The van der Waals surface area contributed by atoms with Crippen LogP contribution in [0.5, 0.6) is 0 Å². The van der Waals surface area contributed by atoms with Crippen LogP contribution in [-0.4, -0.2) is 35.2 Å². The first-order valence-electron chi connectivity index (χ1n) is 9.30. The molecule has 1 fully saturated rings. The van der Waals surface area contributed by atoms with Gasteiger partial charge in [0, 0.05) is 37.8 Å². The smallest absolute Gasteiger partial charge is 0.246 e. The van der Waals surface area contributed by atoms with E-state index in [1.807, 2.05) is 37.5 Å². The third-order valence-electron chi connectivity index (χ3n) is 5.30. The Kier molecular flexibility index (Phi) is 4.69. The van der Waals surface area contributed by atoms with E-state index in [9.17, 15) is 4.79 Å². The Morgan fingerprint density at radius 3 is 2.54 bits per heavy atom. The lowest BCUT2D eigenvalue weighted by molar-refractivity contribution is -0.138. The zero-order valence-electron chi connectivity index (χ0n) is 15.1. The first kappa shape index (κ1) is 16.8. The molecule has 134 valence electrons. The van der Waals surface area contributed by atoms with Gasteiger partial charge in [0.2, 0.25) is 5.91 Å². The number of carbonyl (C=O) groups excluding carboxylic acids is 1. The first-order valence-corrected chi connectivity index (χ1v) is 9.30. The minimum absolute atomic E-state index is 0.0400. The SMILES string of the molecule is Cc1ccc(N2CCC(C(=O)N3N=CCC3c3ccccc3)CC2)nc1. The first-order chi connectivity index (χ1) is 12.7. The predicted octanol–water partition coefficient (Wildman–Crippen LogP) is 3.57. The largest absolute Gasteiger partial charge is 0.357 e. The van der Waals surface area contributed by atoms with Crippen LogP contribution in [0.4, 0.5) is 5.82 Å². The van der Waals surface area contributed by atoms with E-state index >= 15 is 0 Å². The number of aryl methyl sites for hydroxylation is 1. The van der Waals surface area contributed by atoms with E-state index < -0.39 is 0 Å². The number of rotatable bonds is 3. The summed E-state index contributed by atoms with van der Waals surface area (Å²) in [6.45, 7) is 3.77. The van der Waals surface area contributed by atoms with Crippen molar-refractivity contribution in [3.05, 3.63) is 59.8 Å². The van der Waals surface area contributed by atoms with E-state index in [-0.39, 0.29) is 17.9 Å². The van der Waals surface area contributed by atoms with Gasteiger partial charge in [-0.05, 0) is 37.0 Å². The lowest BCUT2D eigenvalue weighted by Gasteiger charge is -2.34. The molecule has 1 aromatic carbocycles. The number of hydrazone groups is 1. The molecular weight excluding hydrogens is 324 g/mol. The van der Waals surface area contributed by atoms with Crippen LogP contribution in [0.1, 0.15) is 36.4 Å². The number of nitrogens with zero attached hydrogens (tertiary/aromatic N) is 4. The lowest BCUT2D eigenvalue weighted by Crippen LogP contribution is -2.41. The summed E-state index contributed by atoms with van der Waals surface area (Å²) in [7, 11) is 0. The van der Waals surface area contributed by atoms with Crippen molar-refractivity contribution < 1.29 is 4.79 Å². The maximum Gasteiger partial charge on any atom is 0.246 e. The van der Waals surface area contributed by atoms with Gasteiger partial charge in [0.25, 0.3) is 0 Å². The van der Waals surface area contributed by atoms with Gasteiger partial charge < -0.3 is 4.90 Å². The Hall–Kier alpha value is -2.69. The molecule has 0 N–H and O–H groups in total. The van der Waals surface area contributed by atoms with Crippen LogP contribution in [0.3, 0.4) is 0 Å². The maximum atomic E-state index is 13.0. The molecule has 2 aliphatic rings. The van der Waals surface area contributed by atoms with Crippen molar-refractivity contribution in [1.82, 2.24) is 9.99 Å². The zero-order chi connectivity index (χ0) is 17.9. The summed E-state index contributed by atoms with van der Waals surface area (Å²) in [5.74, 6) is 1.20. The van der Waals surface area contributed by atoms with Gasteiger partial charge >= 0.3 is 0 Å². The molecule has 26 heavy (non-hydrogen) atoms. The minimum atomic E-state index is 0.0400. The van der Waals surface area contributed by atoms with Gasteiger partial charge in [-0.15, -0.1) is 0 Å². The van der Waals surface area contributed by atoms with Crippen molar-refractivity contribution in [2.24, 2.45) is 11.0 Å². The topological polar surface area (TPSA) is 48.8 Å². The molecule has 0 spiro atoms. The molecule has 0 aliphatic carbocycles. The van der Waals surface area contributed by atoms with Gasteiger partial charge in [0.15, 0.2) is 0 Å². The molecule has 1 saturated heterocycles. The van der Waals surface area contributed by atoms with Crippen LogP contribution < -0.4 is 4.90 Å². The van der Waals surface area contributed by atoms with Crippen LogP contribution in [0.2, 0.25) is 0 Å². The van der Waals surface area contributed by atoms with Gasteiger partial charge in [-0.3, -0.25) is 4.79 Å². The van der Waals surface area contributed by atoms with Crippen molar-refractivity contribution in [2.75, 3.05) is 18.0 Å². The summed E-state index contributed by atoms with van der Waals surface area (Å²) in [5, 5.41) is 6.10. The average molecular weight is 348 g/mol. The number of hydrogen-bond acceptors (Lipinski definition) is 4.